The van der Waals surface area contributed by atoms with Crippen molar-refractivity contribution >= 4 is 5.91 Å². The Hall–Kier alpha value is -2.14. The minimum Gasteiger partial charge on any atom is -0.391 e. The number of amides is 1. The Labute approximate surface area is 141 Å². The number of carbonyl (C=O) groups excluding carboxylic acids is 1. The summed E-state index contributed by atoms with van der Waals surface area (Å²) in [5, 5.41) is 9.74. The minimum atomic E-state index is -0.399. The van der Waals surface area contributed by atoms with Gasteiger partial charge in [-0.1, -0.05) is 36.8 Å². The summed E-state index contributed by atoms with van der Waals surface area (Å²) in [6, 6.07) is 10.1. The molecule has 1 N–H and O–H groups in total. The van der Waals surface area contributed by atoms with Gasteiger partial charge < -0.3 is 14.6 Å². The number of hydrogen-bond acceptors (Lipinski definition) is 3. The van der Waals surface area contributed by atoms with Crippen molar-refractivity contribution in [2.75, 3.05) is 13.1 Å². The van der Waals surface area contributed by atoms with Crippen molar-refractivity contribution in [3.8, 4) is 11.4 Å². The molecule has 2 aliphatic rings. The van der Waals surface area contributed by atoms with Gasteiger partial charge in [0.15, 0.2) is 0 Å². The Kier molecular flexibility index (Phi) is 4.10. The highest BCUT2D eigenvalue weighted by molar-refractivity contribution is 5.94. The lowest BCUT2D eigenvalue weighted by Gasteiger charge is -2.15. The van der Waals surface area contributed by atoms with Crippen molar-refractivity contribution in [1.82, 2.24) is 14.5 Å². The standard InChI is InChI=1S/C19H23N3O2/c23-15-10-12-21(13-15)19(24)17-16-9-5-2-6-11-22(16)18(20-17)14-7-3-1-4-8-14/h1,3-4,7-8,15,23H,2,5-6,9-13H2/t15-/m1/s1. The molecule has 0 aliphatic carbocycles. The maximum atomic E-state index is 13.0. The van der Waals surface area contributed by atoms with Gasteiger partial charge in [-0.05, 0) is 25.7 Å². The maximum Gasteiger partial charge on any atom is 0.274 e. The summed E-state index contributed by atoms with van der Waals surface area (Å²) in [5.74, 6) is 0.870. The first-order chi connectivity index (χ1) is 11.7. The second kappa shape index (κ2) is 6.40. The first-order valence-corrected chi connectivity index (χ1v) is 8.86. The molecule has 3 heterocycles. The predicted octanol–water partition coefficient (Wildman–Crippen LogP) is 2.48. The molecule has 1 aromatic carbocycles. The molecule has 1 amide bonds. The number of likely N-dealkylation sites (tertiary alicyclic amines) is 1. The van der Waals surface area contributed by atoms with E-state index in [0.717, 1.165) is 42.9 Å². The van der Waals surface area contributed by atoms with Crippen molar-refractivity contribution < 1.29 is 9.90 Å². The molecule has 0 spiro atoms. The van der Waals surface area contributed by atoms with Gasteiger partial charge in [0, 0.05) is 25.2 Å². The zero-order chi connectivity index (χ0) is 16.5. The molecule has 0 unspecified atom stereocenters. The van der Waals surface area contributed by atoms with Crippen molar-refractivity contribution in [3.63, 3.8) is 0 Å². The largest absolute Gasteiger partial charge is 0.391 e. The van der Waals surface area contributed by atoms with Crippen LogP contribution in [-0.4, -0.2) is 44.7 Å². The molecule has 5 heteroatoms. The van der Waals surface area contributed by atoms with Crippen LogP contribution >= 0.6 is 0 Å². The number of nitrogens with zero attached hydrogens (tertiary/aromatic N) is 3. The third-order valence-corrected chi connectivity index (χ3v) is 5.05. The number of benzene rings is 1. The summed E-state index contributed by atoms with van der Waals surface area (Å²) < 4.78 is 2.24. The Morgan fingerprint density at radius 1 is 1.12 bits per heavy atom. The maximum absolute atomic E-state index is 13.0. The lowest BCUT2D eigenvalue weighted by molar-refractivity contribution is 0.0758. The zero-order valence-electron chi connectivity index (χ0n) is 13.8. The van der Waals surface area contributed by atoms with Crippen molar-refractivity contribution in [3.05, 3.63) is 41.7 Å². The van der Waals surface area contributed by atoms with Crippen LogP contribution in [0.15, 0.2) is 30.3 Å². The number of aliphatic hydroxyl groups excluding tert-OH is 1. The SMILES string of the molecule is O=C(c1nc(-c2ccccc2)n2c1CCCCC2)N1CC[C@@H](O)C1. The minimum absolute atomic E-state index is 0.0284. The van der Waals surface area contributed by atoms with Crippen molar-refractivity contribution in [2.24, 2.45) is 0 Å². The van der Waals surface area contributed by atoms with Gasteiger partial charge in [0.1, 0.15) is 11.5 Å². The first-order valence-electron chi connectivity index (χ1n) is 8.86. The third kappa shape index (κ3) is 2.73. The van der Waals surface area contributed by atoms with E-state index in [1.807, 2.05) is 30.3 Å². The monoisotopic (exact) mass is 325 g/mol. The number of rotatable bonds is 2. The Morgan fingerprint density at radius 2 is 1.96 bits per heavy atom. The molecule has 1 fully saturated rings. The van der Waals surface area contributed by atoms with E-state index in [1.165, 1.54) is 6.42 Å². The summed E-state index contributed by atoms with van der Waals surface area (Å²) >= 11 is 0. The fourth-order valence-corrected chi connectivity index (χ4v) is 3.77. The fraction of sp³-hybridized carbons (Fsp3) is 0.474. The average Bonchev–Trinajstić information content (AvgIpc) is 3.11. The van der Waals surface area contributed by atoms with Gasteiger partial charge in [-0.3, -0.25) is 4.79 Å². The first kappa shape index (κ1) is 15.4. The van der Waals surface area contributed by atoms with Crippen LogP contribution in [0.1, 0.15) is 41.9 Å². The van der Waals surface area contributed by atoms with Gasteiger partial charge in [0.05, 0.1) is 11.8 Å². The number of hydrogen-bond donors (Lipinski definition) is 1. The van der Waals surface area contributed by atoms with E-state index in [0.29, 0.717) is 25.2 Å². The number of β-amino-alcohol motifs (C(OH)–C–C–N with tert-alkyl or cyclic N) is 1. The summed E-state index contributed by atoms with van der Waals surface area (Å²) in [5.41, 5.74) is 2.71. The fourth-order valence-electron chi connectivity index (χ4n) is 3.77. The second-order valence-corrected chi connectivity index (χ2v) is 6.75. The van der Waals surface area contributed by atoms with Gasteiger partial charge >= 0.3 is 0 Å². The predicted molar refractivity (Wildman–Crippen MR) is 91.7 cm³/mol. The Bertz CT molecular complexity index is 739. The van der Waals surface area contributed by atoms with E-state index in [-0.39, 0.29) is 5.91 Å². The van der Waals surface area contributed by atoms with Crippen LogP contribution in [-0.2, 0) is 13.0 Å². The number of imidazole rings is 1. The lowest BCUT2D eigenvalue weighted by Crippen LogP contribution is -2.30. The van der Waals surface area contributed by atoms with E-state index in [2.05, 4.69) is 4.57 Å². The van der Waals surface area contributed by atoms with Gasteiger partial charge in [-0.2, -0.15) is 0 Å². The molecule has 4 rings (SSSR count). The normalized spacial score (nSPS) is 20.7. The van der Waals surface area contributed by atoms with Crippen molar-refractivity contribution in [1.29, 1.82) is 0 Å². The average molecular weight is 325 g/mol. The van der Waals surface area contributed by atoms with Crippen LogP contribution in [0, 0.1) is 0 Å². The van der Waals surface area contributed by atoms with Crippen LogP contribution in [0.4, 0.5) is 0 Å². The summed E-state index contributed by atoms with van der Waals surface area (Å²) in [4.78, 5) is 19.5. The smallest absolute Gasteiger partial charge is 0.274 e. The molecule has 24 heavy (non-hydrogen) atoms. The molecule has 0 bridgehead atoms. The van der Waals surface area contributed by atoms with E-state index in [1.54, 1.807) is 4.90 Å². The highest BCUT2D eigenvalue weighted by Crippen LogP contribution is 2.28. The Balaban J connectivity index is 1.77. The van der Waals surface area contributed by atoms with E-state index in [4.69, 9.17) is 4.98 Å². The highest BCUT2D eigenvalue weighted by Gasteiger charge is 2.31. The van der Waals surface area contributed by atoms with Gasteiger partial charge in [0.2, 0.25) is 0 Å². The van der Waals surface area contributed by atoms with Gasteiger partial charge in [-0.15, -0.1) is 0 Å². The number of carbonyl (C=O) groups is 1. The van der Waals surface area contributed by atoms with E-state index >= 15 is 0 Å². The molecule has 2 aliphatic heterocycles. The van der Waals surface area contributed by atoms with Crippen molar-refractivity contribution in [2.45, 2.75) is 44.8 Å². The third-order valence-electron chi connectivity index (χ3n) is 5.05. The number of fused-ring (bicyclic) bond motifs is 1. The van der Waals surface area contributed by atoms with Gasteiger partial charge in [-0.25, -0.2) is 4.98 Å². The molecule has 1 saturated heterocycles. The quantitative estimate of drug-likeness (QED) is 0.923. The molecule has 0 radical (unpaired) electrons. The summed E-state index contributed by atoms with van der Waals surface area (Å²) in [6.07, 6.45) is 4.57. The van der Waals surface area contributed by atoms with Crippen LogP contribution in [0.5, 0.6) is 0 Å². The zero-order valence-corrected chi connectivity index (χ0v) is 13.8. The summed E-state index contributed by atoms with van der Waals surface area (Å²) in [7, 11) is 0. The number of aliphatic hydroxyl groups is 1. The Morgan fingerprint density at radius 3 is 2.71 bits per heavy atom. The molecular weight excluding hydrogens is 302 g/mol. The second-order valence-electron chi connectivity index (χ2n) is 6.75. The molecule has 1 atom stereocenters. The van der Waals surface area contributed by atoms with Crippen LogP contribution in [0.3, 0.4) is 0 Å². The van der Waals surface area contributed by atoms with E-state index in [9.17, 15) is 9.90 Å². The topological polar surface area (TPSA) is 58.4 Å². The molecular formula is C19H23N3O2. The van der Waals surface area contributed by atoms with E-state index < -0.39 is 6.10 Å². The highest BCUT2D eigenvalue weighted by atomic mass is 16.3. The molecule has 2 aromatic rings. The molecule has 0 saturated carbocycles. The van der Waals surface area contributed by atoms with Crippen LogP contribution in [0.2, 0.25) is 0 Å². The number of aromatic nitrogens is 2. The van der Waals surface area contributed by atoms with Crippen LogP contribution < -0.4 is 0 Å². The molecule has 5 nitrogen and oxygen atoms in total. The van der Waals surface area contributed by atoms with Gasteiger partial charge in [0.25, 0.3) is 5.91 Å². The lowest BCUT2D eigenvalue weighted by atomic mass is 10.1. The van der Waals surface area contributed by atoms with Crippen LogP contribution in [0.25, 0.3) is 11.4 Å². The molecule has 126 valence electrons. The summed E-state index contributed by atoms with van der Waals surface area (Å²) in [6.45, 7) is 1.96. The molecule has 1 aromatic heterocycles.